The number of carbonyl (C=O) groups is 2. The molecule has 7 atom stereocenters. The van der Waals surface area contributed by atoms with Crippen LogP contribution in [-0.4, -0.2) is 51.5 Å². The number of terminal acetylenes is 1. The Morgan fingerprint density at radius 3 is 2.62 bits per heavy atom. The first kappa shape index (κ1) is 22.5. The third-order valence-corrected chi connectivity index (χ3v) is 7.22. The molecule has 1 aromatic rings. The van der Waals surface area contributed by atoms with Crippen LogP contribution in [0.25, 0.3) is 0 Å². The molecule has 7 nitrogen and oxygen atoms in total. The third-order valence-electron chi connectivity index (χ3n) is 7.22. The number of oxime groups is 1. The van der Waals surface area contributed by atoms with Gasteiger partial charge in [0, 0.05) is 24.7 Å². The Labute approximate surface area is 188 Å². The van der Waals surface area contributed by atoms with Gasteiger partial charge in [-0.15, -0.1) is 12.3 Å². The highest BCUT2D eigenvalue weighted by Gasteiger charge is 2.60. The minimum atomic E-state index is -1.09. The van der Waals surface area contributed by atoms with Gasteiger partial charge in [-0.2, -0.15) is 0 Å². The normalized spacial score (nSPS) is 34.1. The maximum absolute atomic E-state index is 13.5. The molecule has 32 heavy (non-hydrogen) atoms. The first-order chi connectivity index (χ1) is 15.5. The second-order valence-electron chi connectivity index (χ2n) is 9.01. The Bertz CT molecular complexity index is 924. The largest absolute Gasteiger partial charge is 0.396 e. The van der Waals surface area contributed by atoms with Gasteiger partial charge < -0.3 is 15.1 Å². The summed E-state index contributed by atoms with van der Waals surface area (Å²) in [6, 6.07) is 9.07. The van der Waals surface area contributed by atoms with Crippen molar-refractivity contribution in [3.8, 4) is 12.3 Å². The SMILES string of the molecule is C#CCCCO/N=C1/C[C@@H](O)[C@@H](O)[C@@H]2[C@@H]3C(=O)N([C@@H](C)c4ccccc4)C(=O)[C@H]3CC[C@H]12. The Morgan fingerprint density at radius 1 is 1.19 bits per heavy atom. The predicted octanol–water partition coefficient (Wildman–Crippen LogP) is 2.29. The fourth-order valence-corrected chi connectivity index (χ4v) is 5.63. The molecule has 0 unspecified atom stereocenters. The summed E-state index contributed by atoms with van der Waals surface area (Å²) in [5.74, 6) is 0.184. The Morgan fingerprint density at radius 2 is 1.91 bits per heavy atom. The predicted molar refractivity (Wildman–Crippen MR) is 118 cm³/mol. The number of imide groups is 1. The average molecular weight is 439 g/mol. The molecule has 3 fully saturated rings. The standard InChI is InChI=1S/C25H30N2O5/c1-3-4-8-13-32-26-19-14-20(28)23(29)21-17(19)11-12-18-22(21)25(31)27(24(18)30)15(2)16-9-6-5-7-10-16/h1,5-7,9-10,15,17-18,20-23,28-29H,4,8,11-14H2,2H3/b26-19-/t15-,17+,18-,20+,21-,22+,23+/m0/s1. The maximum Gasteiger partial charge on any atom is 0.234 e. The molecule has 2 saturated carbocycles. The lowest BCUT2D eigenvalue weighted by molar-refractivity contribution is -0.144. The van der Waals surface area contributed by atoms with Crippen LogP contribution in [0.5, 0.6) is 0 Å². The van der Waals surface area contributed by atoms with Crippen LogP contribution >= 0.6 is 0 Å². The molecule has 1 heterocycles. The number of rotatable bonds is 6. The number of nitrogens with zero attached hydrogens (tertiary/aromatic N) is 2. The zero-order chi connectivity index (χ0) is 22.8. The van der Waals surface area contributed by atoms with Crippen molar-refractivity contribution in [2.24, 2.45) is 28.8 Å². The molecule has 3 aliphatic rings. The summed E-state index contributed by atoms with van der Waals surface area (Å²) >= 11 is 0. The minimum Gasteiger partial charge on any atom is -0.396 e. The van der Waals surface area contributed by atoms with E-state index in [1.165, 1.54) is 4.90 Å². The van der Waals surface area contributed by atoms with Crippen molar-refractivity contribution in [2.75, 3.05) is 6.61 Å². The van der Waals surface area contributed by atoms with Crippen LogP contribution in [0.3, 0.4) is 0 Å². The fourth-order valence-electron chi connectivity index (χ4n) is 5.63. The van der Waals surface area contributed by atoms with Crippen molar-refractivity contribution in [3.63, 3.8) is 0 Å². The molecule has 0 spiro atoms. The molecule has 2 amide bonds. The van der Waals surface area contributed by atoms with Crippen molar-refractivity contribution in [2.45, 2.75) is 57.3 Å². The average Bonchev–Trinajstić information content (AvgIpc) is 3.06. The van der Waals surface area contributed by atoms with Crippen LogP contribution in [0.1, 0.15) is 50.6 Å². The van der Waals surface area contributed by atoms with Crippen LogP contribution in [-0.2, 0) is 14.4 Å². The van der Waals surface area contributed by atoms with Gasteiger partial charge in [0.15, 0.2) is 0 Å². The van der Waals surface area contributed by atoms with Gasteiger partial charge in [0.05, 0.1) is 35.8 Å². The van der Waals surface area contributed by atoms with Gasteiger partial charge in [0.25, 0.3) is 0 Å². The Hall–Kier alpha value is -2.69. The zero-order valence-corrected chi connectivity index (χ0v) is 18.3. The van der Waals surface area contributed by atoms with Crippen LogP contribution in [0.4, 0.5) is 0 Å². The molecular formula is C25H30N2O5. The first-order valence-electron chi connectivity index (χ1n) is 11.4. The number of aliphatic hydroxyl groups is 2. The van der Waals surface area contributed by atoms with Gasteiger partial charge in [-0.05, 0) is 31.7 Å². The molecule has 1 aromatic carbocycles. The molecule has 1 aliphatic heterocycles. The fraction of sp³-hybridized carbons (Fsp3) is 0.560. The second kappa shape index (κ2) is 9.43. The number of carbonyl (C=O) groups excluding carboxylic acids is 2. The quantitative estimate of drug-likeness (QED) is 0.307. The van der Waals surface area contributed by atoms with Crippen LogP contribution in [0.15, 0.2) is 35.5 Å². The lowest BCUT2D eigenvalue weighted by Gasteiger charge is -2.45. The van der Waals surface area contributed by atoms with Gasteiger partial charge >= 0.3 is 0 Å². The van der Waals surface area contributed by atoms with Crippen molar-refractivity contribution in [1.82, 2.24) is 4.90 Å². The molecular weight excluding hydrogens is 408 g/mol. The molecule has 2 aliphatic carbocycles. The van der Waals surface area contributed by atoms with E-state index in [1.54, 1.807) is 0 Å². The first-order valence-corrected chi connectivity index (χ1v) is 11.4. The minimum absolute atomic E-state index is 0.189. The summed E-state index contributed by atoms with van der Waals surface area (Å²) in [4.78, 5) is 33.6. The molecule has 7 heteroatoms. The van der Waals surface area contributed by atoms with E-state index in [0.29, 0.717) is 38.0 Å². The summed E-state index contributed by atoms with van der Waals surface area (Å²) in [5, 5.41) is 25.7. The van der Waals surface area contributed by atoms with E-state index in [0.717, 1.165) is 5.56 Å². The topological polar surface area (TPSA) is 99.4 Å². The van der Waals surface area contributed by atoms with E-state index in [1.807, 2.05) is 37.3 Å². The molecule has 0 aromatic heterocycles. The Kier molecular flexibility index (Phi) is 6.63. The van der Waals surface area contributed by atoms with Gasteiger partial charge in [-0.3, -0.25) is 14.5 Å². The zero-order valence-electron chi connectivity index (χ0n) is 18.3. The molecule has 2 N–H and O–H groups in total. The second-order valence-corrected chi connectivity index (χ2v) is 9.01. The lowest BCUT2D eigenvalue weighted by atomic mass is 9.60. The highest BCUT2D eigenvalue weighted by molar-refractivity contribution is 6.06. The summed E-state index contributed by atoms with van der Waals surface area (Å²) in [6.07, 6.45) is 5.75. The number of benzene rings is 1. The third kappa shape index (κ3) is 3.94. The summed E-state index contributed by atoms with van der Waals surface area (Å²) in [5.41, 5.74) is 1.54. The van der Waals surface area contributed by atoms with Gasteiger partial charge in [0.1, 0.15) is 6.61 Å². The van der Waals surface area contributed by atoms with Crippen molar-refractivity contribution < 1.29 is 24.6 Å². The Balaban J connectivity index is 1.58. The smallest absolute Gasteiger partial charge is 0.234 e. The number of likely N-dealkylation sites (tertiary alicyclic amines) is 1. The van der Waals surface area contributed by atoms with E-state index in [9.17, 15) is 19.8 Å². The summed E-state index contributed by atoms with van der Waals surface area (Å²) in [6.45, 7) is 2.22. The monoisotopic (exact) mass is 438 g/mol. The van der Waals surface area contributed by atoms with E-state index in [2.05, 4.69) is 11.1 Å². The number of fused-ring (bicyclic) bond motifs is 3. The lowest BCUT2D eigenvalue weighted by Crippen LogP contribution is -2.54. The van der Waals surface area contributed by atoms with Crippen LogP contribution in [0, 0.1) is 36.0 Å². The highest BCUT2D eigenvalue weighted by atomic mass is 16.6. The van der Waals surface area contributed by atoms with Gasteiger partial charge in [0.2, 0.25) is 11.8 Å². The molecule has 0 radical (unpaired) electrons. The van der Waals surface area contributed by atoms with E-state index < -0.39 is 36.0 Å². The van der Waals surface area contributed by atoms with Crippen molar-refractivity contribution in [3.05, 3.63) is 35.9 Å². The number of hydrogen-bond acceptors (Lipinski definition) is 6. The molecule has 4 rings (SSSR count). The summed E-state index contributed by atoms with van der Waals surface area (Å²) < 4.78 is 0. The number of unbranched alkanes of at least 4 members (excludes halogenated alkanes) is 1. The van der Waals surface area contributed by atoms with Crippen LogP contribution < -0.4 is 0 Å². The maximum atomic E-state index is 13.5. The van der Waals surface area contributed by atoms with Crippen molar-refractivity contribution in [1.29, 1.82) is 0 Å². The number of hydrogen-bond donors (Lipinski definition) is 2. The summed E-state index contributed by atoms with van der Waals surface area (Å²) in [7, 11) is 0. The number of aliphatic hydroxyl groups excluding tert-OH is 2. The highest BCUT2D eigenvalue weighted by Crippen LogP contribution is 2.51. The number of amides is 2. The van der Waals surface area contributed by atoms with Gasteiger partial charge in [-0.1, -0.05) is 35.5 Å². The molecule has 170 valence electrons. The van der Waals surface area contributed by atoms with E-state index in [-0.39, 0.29) is 24.2 Å². The van der Waals surface area contributed by atoms with Crippen molar-refractivity contribution >= 4 is 17.5 Å². The van der Waals surface area contributed by atoms with Gasteiger partial charge in [-0.25, -0.2) is 0 Å². The molecule has 1 saturated heterocycles. The van der Waals surface area contributed by atoms with E-state index >= 15 is 0 Å². The van der Waals surface area contributed by atoms with E-state index in [4.69, 9.17) is 11.3 Å². The van der Waals surface area contributed by atoms with Crippen LogP contribution in [0.2, 0.25) is 0 Å². The molecule has 0 bridgehead atoms.